The number of carbonyl (C=O) groups is 1. The molecule has 0 radical (unpaired) electrons. The number of hydrogen-bond acceptors (Lipinski definition) is 5. The van der Waals surface area contributed by atoms with E-state index in [0.717, 1.165) is 21.4 Å². The fourth-order valence-corrected chi connectivity index (χ4v) is 4.51. The van der Waals surface area contributed by atoms with Crippen molar-refractivity contribution in [3.63, 3.8) is 0 Å². The monoisotopic (exact) mass is 466 g/mol. The largest absolute Gasteiger partial charge is 0.493 e. The second kappa shape index (κ2) is 8.08. The molecule has 1 aromatic heterocycles. The van der Waals surface area contributed by atoms with E-state index in [1.807, 2.05) is 55.8 Å². The zero-order valence-electron chi connectivity index (χ0n) is 15.4. The Hall–Kier alpha value is -1.77. The van der Waals surface area contributed by atoms with E-state index in [4.69, 9.17) is 21.7 Å². The van der Waals surface area contributed by atoms with E-state index in [9.17, 15) is 4.79 Å². The van der Waals surface area contributed by atoms with Crippen LogP contribution in [-0.2, 0) is 4.79 Å². The predicted octanol–water partition coefficient (Wildman–Crippen LogP) is 4.81. The van der Waals surface area contributed by atoms with Crippen LogP contribution in [0.4, 0.5) is 0 Å². The maximum Gasteiger partial charge on any atom is 0.285 e. The number of thioether (sulfide) groups is 1. The van der Waals surface area contributed by atoms with Crippen molar-refractivity contribution in [3.05, 3.63) is 50.6 Å². The molecule has 5 nitrogen and oxygen atoms in total. The number of amides is 1. The van der Waals surface area contributed by atoms with Crippen LogP contribution in [0.25, 0.3) is 6.08 Å². The van der Waals surface area contributed by atoms with Crippen LogP contribution >= 0.6 is 39.9 Å². The van der Waals surface area contributed by atoms with Crippen molar-refractivity contribution >= 4 is 56.2 Å². The van der Waals surface area contributed by atoms with Gasteiger partial charge in [0.1, 0.15) is 0 Å². The highest BCUT2D eigenvalue weighted by Crippen LogP contribution is 2.38. The zero-order chi connectivity index (χ0) is 19.7. The second-order valence-electron chi connectivity index (χ2n) is 5.88. The minimum atomic E-state index is -0.146. The highest BCUT2D eigenvalue weighted by molar-refractivity contribution is 9.10. The molecular formula is C19H19BrN2O3S2. The highest BCUT2D eigenvalue weighted by atomic mass is 79.9. The molecule has 8 heteroatoms. The Balaban J connectivity index is 1.99. The summed E-state index contributed by atoms with van der Waals surface area (Å²) in [6.45, 7) is 6.35. The number of methoxy groups -OCH3 is 1. The van der Waals surface area contributed by atoms with Gasteiger partial charge in [-0.1, -0.05) is 27.7 Å². The summed E-state index contributed by atoms with van der Waals surface area (Å²) in [5.74, 6) is 1.11. The Kier molecular flexibility index (Phi) is 5.98. The second-order valence-corrected chi connectivity index (χ2v) is 8.41. The lowest BCUT2D eigenvalue weighted by Crippen LogP contribution is -2.39. The van der Waals surface area contributed by atoms with E-state index < -0.39 is 0 Å². The van der Waals surface area contributed by atoms with Gasteiger partial charge in [-0.15, -0.1) is 0 Å². The summed E-state index contributed by atoms with van der Waals surface area (Å²) in [4.78, 5) is 13.6. The van der Waals surface area contributed by atoms with Gasteiger partial charge in [0.25, 0.3) is 5.91 Å². The van der Waals surface area contributed by atoms with Crippen molar-refractivity contribution < 1.29 is 14.3 Å². The summed E-state index contributed by atoms with van der Waals surface area (Å²) in [5.41, 5.74) is 2.72. The lowest BCUT2D eigenvalue weighted by Gasteiger charge is -2.20. The van der Waals surface area contributed by atoms with Crippen LogP contribution in [0, 0.1) is 13.8 Å². The fraction of sp³-hybridized carbons (Fsp3) is 0.263. The summed E-state index contributed by atoms with van der Waals surface area (Å²) < 4.78 is 14.1. The number of nitrogens with zero attached hydrogens (tertiary/aromatic N) is 2. The Labute approximate surface area is 176 Å². The number of aryl methyl sites for hydroxylation is 2. The SMILES string of the molecule is CCOc1cc(Br)c(/C=C2\SC(=S)N(n3c(C)ccc3C)C2=O)cc1OC. The van der Waals surface area contributed by atoms with Crippen LogP contribution in [0.15, 0.2) is 33.6 Å². The first kappa shape index (κ1) is 20.0. The van der Waals surface area contributed by atoms with Crippen LogP contribution in [-0.4, -0.2) is 28.6 Å². The molecule has 2 aromatic rings. The average molecular weight is 467 g/mol. The number of hydrogen-bond donors (Lipinski definition) is 0. The van der Waals surface area contributed by atoms with Crippen LogP contribution in [0.5, 0.6) is 11.5 Å². The molecular weight excluding hydrogens is 448 g/mol. The summed E-state index contributed by atoms with van der Waals surface area (Å²) in [6.07, 6.45) is 1.82. The molecule has 0 N–H and O–H groups in total. The maximum absolute atomic E-state index is 13.0. The van der Waals surface area contributed by atoms with Gasteiger partial charge in [-0.25, -0.2) is 0 Å². The Morgan fingerprint density at radius 2 is 1.89 bits per heavy atom. The van der Waals surface area contributed by atoms with Gasteiger partial charge in [-0.3, -0.25) is 9.47 Å². The third kappa shape index (κ3) is 3.79. The molecule has 1 aromatic carbocycles. The number of ether oxygens (including phenoxy) is 2. The van der Waals surface area contributed by atoms with Gasteiger partial charge in [0, 0.05) is 15.9 Å². The van der Waals surface area contributed by atoms with Crippen molar-refractivity contribution in [2.24, 2.45) is 0 Å². The number of carbonyl (C=O) groups excluding carboxylic acids is 1. The molecule has 1 saturated heterocycles. The van der Waals surface area contributed by atoms with E-state index in [-0.39, 0.29) is 5.91 Å². The Morgan fingerprint density at radius 3 is 2.48 bits per heavy atom. The van der Waals surface area contributed by atoms with Crippen molar-refractivity contribution in [3.8, 4) is 11.5 Å². The van der Waals surface area contributed by atoms with Crippen LogP contribution in [0.3, 0.4) is 0 Å². The molecule has 0 atom stereocenters. The van der Waals surface area contributed by atoms with E-state index >= 15 is 0 Å². The van der Waals surface area contributed by atoms with Gasteiger partial charge in [0.15, 0.2) is 15.8 Å². The lowest BCUT2D eigenvalue weighted by molar-refractivity contribution is -0.114. The molecule has 142 valence electrons. The van der Waals surface area contributed by atoms with Crippen molar-refractivity contribution in [2.45, 2.75) is 20.8 Å². The fourth-order valence-electron chi connectivity index (χ4n) is 2.84. The van der Waals surface area contributed by atoms with E-state index in [1.165, 1.54) is 16.8 Å². The molecule has 1 fully saturated rings. The summed E-state index contributed by atoms with van der Waals surface area (Å²) in [5, 5.41) is 1.54. The molecule has 0 aliphatic carbocycles. The number of rotatable bonds is 5. The van der Waals surface area contributed by atoms with Crippen LogP contribution in [0.1, 0.15) is 23.9 Å². The van der Waals surface area contributed by atoms with Crippen LogP contribution < -0.4 is 14.5 Å². The molecule has 2 heterocycles. The van der Waals surface area contributed by atoms with E-state index in [2.05, 4.69) is 15.9 Å². The number of benzene rings is 1. The van der Waals surface area contributed by atoms with Gasteiger partial charge in [-0.2, -0.15) is 5.01 Å². The third-order valence-corrected chi connectivity index (χ3v) is 6.05. The van der Waals surface area contributed by atoms with Crippen molar-refractivity contribution in [2.75, 3.05) is 18.7 Å². The quantitative estimate of drug-likeness (QED) is 0.467. The lowest BCUT2D eigenvalue weighted by atomic mass is 10.2. The number of halogens is 1. The first-order chi connectivity index (χ1) is 12.9. The predicted molar refractivity (Wildman–Crippen MR) is 117 cm³/mol. The van der Waals surface area contributed by atoms with Crippen LogP contribution in [0.2, 0.25) is 0 Å². The van der Waals surface area contributed by atoms with E-state index in [0.29, 0.717) is 27.3 Å². The van der Waals surface area contributed by atoms with Crippen molar-refractivity contribution in [1.29, 1.82) is 0 Å². The average Bonchev–Trinajstić information content (AvgIpc) is 3.09. The zero-order valence-corrected chi connectivity index (χ0v) is 18.6. The van der Waals surface area contributed by atoms with Gasteiger partial charge in [-0.05, 0) is 68.9 Å². The topological polar surface area (TPSA) is 43.7 Å². The summed E-state index contributed by atoms with van der Waals surface area (Å²) in [7, 11) is 1.59. The smallest absolute Gasteiger partial charge is 0.285 e. The Bertz CT molecular complexity index is 933. The number of aromatic nitrogens is 1. The molecule has 0 saturated carbocycles. The van der Waals surface area contributed by atoms with Gasteiger partial charge in [0.2, 0.25) is 0 Å². The standard InChI is InChI=1S/C19H19BrN2O3S2/c1-5-25-16-10-14(20)13(8-15(16)24-4)9-17-18(23)22(19(26)27-17)21-11(2)6-7-12(21)3/h6-10H,5H2,1-4H3/b17-9-. The van der Waals surface area contributed by atoms with Gasteiger partial charge in [0.05, 0.1) is 18.6 Å². The van der Waals surface area contributed by atoms with Gasteiger partial charge < -0.3 is 9.47 Å². The minimum absolute atomic E-state index is 0.146. The summed E-state index contributed by atoms with van der Waals surface area (Å²) >= 11 is 10.3. The maximum atomic E-state index is 13.0. The molecule has 27 heavy (non-hydrogen) atoms. The van der Waals surface area contributed by atoms with Gasteiger partial charge >= 0.3 is 0 Å². The third-order valence-electron chi connectivity index (χ3n) is 4.08. The molecule has 1 aliphatic heterocycles. The number of thiocarbonyl (C=S) groups is 1. The van der Waals surface area contributed by atoms with Crippen molar-refractivity contribution in [1.82, 2.24) is 4.68 Å². The van der Waals surface area contributed by atoms with E-state index in [1.54, 1.807) is 7.11 Å². The molecule has 1 aliphatic rings. The highest BCUT2D eigenvalue weighted by Gasteiger charge is 2.35. The Morgan fingerprint density at radius 1 is 1.22 bits per heavy atom. The first-order valence-corrected chi connectivity index (χ1v) is 10.3. The minimum Gasteiger partial charge on any atom is -0.493 e. The molecule has 3 rings (SSSR count). The molecule has 0 spiro atoms. The first-order valence-electron chi connectivity index (χ1n) is 8.30. The normalized spacial score (nSPS) is 15.7. The molecule has 0 unspecified atom stereocenters. The molecule has 0 bridgehead atoms. The molecule has 1 amide bonds. The summed E-state index contributed by atoms with van der Waals surface area (Å²) in [6, 6.07) is 7.61.